The van der Waals surface area contributed by atoms with Gasteiger partial charge >= 0.3 is 0 Å². The van der Waals surface area contributed by atoms with Gasteiger partial charge in [-0.05, 0) is 26.1 Å². The minimum atomic E-state index is 0.820. The maximum Gasteiger partial charge on any atom is 0.134 e. The molecule has 1 aromatic carbocycles. The number of furan rings is 1. The Morgan fingerprint density at radius 3 is 2.90 bits per heavy atom. The van der Waals surface area contributed by atoms with Crippen LogP contribution in [-0.2, 0) is 6.42 Å². The third kappa shape index (κ3) is 2.42. The van der Waals surface area contributed by atoms with Gasteiger partial charge in [0, 0.05) is 29.6 Å². The fraction of sp³-hybridized carbons (Fsp3) is 0.250. The molecule has 0 fully saturated rings. The minimum Gasteiger partial charge on any atom is -0.464 e. The lowest BCUT2D eigenvalue weighted by Crippen LogP contribution is -2.12. The zero-order valence-corrected chi connectivity index (χ0v) is 11.7. The fourth-order valence-electron chi connectivity index (χ4n) is 2.29. The predicted molar refractivity (Wildman–Crippen MR) is 79.6 cm³/mol. The van der Waals surface area contributed by atoms with E-state index in [0.717, 1.165) is 46.7 Å². The number of nitrogens with one attached hydrogen (secondary N) is 1. The van der Waals surface area contributed by atoms with Crippen LogP contribution in [0.15, 0.2) is 41.0 Å². The van der Waals surface area contributed by atoms with Crippen LogP contribution in [0.25, 0.3) is 22.2 Å². The SMILES string of the molecule is CNCCc1nc(C)cc(-c2coc3ccccc23)n1. The first-order chi connectivity index (χ1) is 9.78. The van der Waals surface area contributed by atoms with Crippen molar-refractivity contribution >= 4 is 11.0 Å². The molecule has 2 heterocycles. The van der Waals surface area contributed by atoms with Crippen LogP contribution in [0.3, 0.4) is 0 Å². The average Bonchev–Trinajstić information content (AvgIpc) is 2.88. The van der Waals surface area contributed by atoms with E-state index < -0.39 is 0 Å². The number of aromatic nitrogens is 2. The van der Waals surface area contributed by atoms with Crippen molar-refractivity contribution < 1.29 is 4.42 Å². The maximum absolute atomic E-state index is 5.59. The Labute approximate surface area is 117 Å². The molecule has 0 unspecified atom stereocenters. The van der Waals surface area contributed by atoms with Crippen molar-refractivity contribution in [2.24, 2.45) is 0 Å². The van der Waals surface area contributed by atoms with Crippen molar-refractivity contribution in [3.05, 3.63) is 48.1 Å². The summed E-state index contributed by atoms with van der Waals surface area (Å²) in [4.78, 5) is 9.13. The van der Waals surface area contributed by atoms with Crippen LogP contribution in [-0.4, -0.2) is 23.6 Å². The van der Waals surface area contributed by atoms with Gasteiger partial charge in [-0.2, -0.15) is 0 Å². The Kier molecular flexibility index (Phi) is 3.48. The summed E-state index contributed by atoms with van der Waals surface area (Å²) in [6, 6.07) is 10.0. The van der Waals surface area contributed by atoms with Gasteiger partial charge in [-0.1, -0.05) is 18.2 Å². The Bertz CT molecular complexity index is 733. The highest BCUT2D eigenvalue weighted by Crippen LogP contribution is 2.29. The summed E-state index contributed by atoms with van der Waals surface area (Å²) < 4.78 is 5.59. The molecule has 0 aliphatic heterocycles. The molecule has 3 rings (SSSR count). The van der Waals surface area contributed by atoms with E-state index in [2.05, 4.69) is 21.4 Å². The van der Waals surface area contributed by atoms with E-state index in [4.69, 9.17) is 4.42 Å². The second-order valence-corrected chi connectivity index (χ2v) is 4.81. The number of benzene rings is 1. The quantitative estimate of drug-likeness (QED) is 0.789. The summed E-state index contributed by atoms with van der Waals surface area (Å²) in [7, 11) is 1.93. The summed E-state index contributed by atoms with van der Waals surface area (Å²) in [5.74, 6) is 0.861. The lowest BCUT2D eigenvalue weighted by atomic mass is 10.1. The molecule has 4 heteroatoms. The van der Waals surface area contributed by atoms with Gasteiger partial charge in [0.15, 0.2) is 0 Å². The van der Waals surface area contributed by atoms with Gasteiger partial charge in [0.05, 0.1) is 5.69 Å². The van der Waals surface area contributed by atoms with E-state index in [1.807, 2.05) is 38.2 Å². The Morgan fingerprint density at radius 2 is 2.05 bits per heavy atom. The molecule has 0 spiro atoms. The predicted octanol–water partition coefficient (Wildman–Crippen LogP) is 2.96. The van der Waals surface area contributed by atoms with Crippen LogP contribution in [0.5, 0.6) is 0 Å². The zero-order chi connectivity index (χ0) is 13.9. The van der Waals surface area contributed by atoms with Gasteiger partial charge in [-0.15, -0.1) is 0 Å². The summed E-state index contributed by atoms with van der Waals surface area (Å²) in [5, 5.41) is 4.21. The molecule has 20 heavy (non-hydrogen) atoms. The van der Waals surface area contributed by atoms with Crippen molar-refractivity contribution in [1.29, 1.82) is 0 Å². The lowest BCUT2D eigenvalue weighted by molar-refractivity contribution is 0.616. The van der Waals surface area contributed by atoms with Gasteiger partial charge in [0.1, 0.15) is 17.7 Å². The van der Waals surface area contributed by atoms with E-state index in [-0.39, 0.29) is 0 Å². The molecule has 0 aliphatic rings. The van der Waals surface area contributed by atoms with E-state index >= 15 is 0 Å². The molecule has 0 bridgehead atoms. The first-order valence-electron chi connectivity index (χ1n) is 6.73. The van der Waals surface area contributed by atoms with Crippen molar-refractivity contribution in [2.75, 3.05) is 13.6 Å². The highest BCUT2D eigenvalue weighted by molar-refractivity contribution is 5.92. The van der Waals surface area contributed by atoms with Crippen LogP contribution in [0, 0.1) is 6.92 Å². The number of nitrogens with zero attached hydrogens (tertiary/aromatic N) is 2. The van der Waals surface area contributed by atoms with Crippen LogP contribution < -0.4 is 5.32 Å². The maximum atomic E-state index is 5.59. The molecule has 2 aromatic heterocycles. The third-order valence-corrected chi connectivity index (χ3v) is 3.26. The number of hydrogen-bond donors (Lipinski definition) is 1. The fourth-order valence-corrected chi connectivity index (χ4v) is 2.29. The smallest absolute Gasteiger partial charge is 0.134 e. The Balaban J connectivity index is 2.07. The number of para-hydroxylation sites is 1. The number of aryl methyl sites for hydroxylation is 1. The highest BCUT2D eigenvalue weighted by atomic mass is 16.3. The lowest BCUT2D eigenvalue weighted by Gasteiger charge is -2.05. The Morgan fingerprint density at radius 1 is 1.20 bits per heavy atom. The van der Waals surface area contributed by atoms with Crippen LogP contribution in [0.1, 0.15) is 11.5 Å². The molecule has 0 saturated carbocycles. The molecule has 3 aromatic rings. The van der Waals surface area contributed by atoms with E-state index in [9.17, 15) is 0 Å². The molecule has 0 aliphatic carbocycles. The van der Waals surface area contributed by atoms with Gasteiger partial charge < -0.3 is 9.73 Å². The first-order valence-corrected chi connectivity index (χ1v) is 6.73. The molecule has 1 N–H and O–H groups in total. The minimum absolute atomic E-state index is 0.820. The Hall–Kier alpha value is -2.20. The summed E-state index contributed by atoms with van der Waals surface area (Å²) >= 11 is 0. The van der Waals surface area contributed by atoms with Crippen molar-refractivity contribution in [3.8, 4) is 11.3 Å². The van der Waals surface area contributed by atoms with Crippen LogP contribution in [0.2, 0.25) is 0 Å². The summed E-state index contributed by atoms with van der Waals surface area (Å²) in [6.45, 7) is 2.87. The van der Waals surface area contributed by atoms with Crippen molar-refractivity contribution in [1.82, 2.24) is 15.3 Å². The van der Waals surface area contributed by atoms with Gasteiger partial charge in [-0.3, -0.25) is 0 Å². The number of rotatable bonds is 4. The van der Waals surface area contributed by atoms with E-state index in [1.54, 1.807) is 6.26 Å². The third-order valence-electron chi connectivity index (χ3n) is 3.26. The molecule has 0 radical (unpaired) electrons. The van der Waals surface area contributed by atoms with Gasteiger partial charge in [-0.25, -0.2) is 9.97 Å². The van der Waals surface area contributed by atoms with Crippen molar-refractivity contribution in [2.45, 2.75) is 13.3 Å². The average molecular weight is 267 g/mol. The second kappa shape index (κ2) is 5.43. The van der Waals surface area contributed by atoms with E-state index in [0.29, 0.717) is 0 Å². The number of likely N-dealkylation sites (N-methyl/N-ethyl adjacent to an activating group) is 1. The number of hydrogen-bond acceptors (Lipinski definition) is 4. The summed E-state index contributed by atoms with van der Waals surface area (Å²) in [5.41, 5.74) is 3.81. The van der Waals surface area contributed by atoms with Crippen molar-refractivity contribution in [3.63, 3.8) is 0 Å². The van der Waals surface area contributed by atoms with Gasteiger partial charge in [0.25, 0.3) is 0 Å². The van der Waals surface area contributed by atoms with E-state index in [1.165, 1.54) is 0 Å². The van der Waals surface area contributed by atoms with Crippen LogP contribution in [0.4, 0.5) is 0 Å². The molecule has 102 valence electrons. The molecule has 4 nitrogen and oxygen atoms in total. The molecular weight excluding hydrogens is 250 g/mol. The molecule has 0 saturated heterocycles. The first kappa shape index (κ1) is 12.8. The molecule has 0 amide bonds. The summed E-state index contributed by atoms with van der Waals surface area (Å²) in [6.07, 6.45) is 2.59. The zero-order valence-electron chi connectivity index (χ0n) is 11.7. The molecule has 0 atom stereocenters. The second-order valence-electron chi connectivity index (χ2n) is 4.81. The largest absolute Gasteiger partial charge is 0.464 e. The molecular formula is C16H17N3O. The van der Waals surface area contributed by atoms with Crippen LogP contribution >= 0.6 is 0 Å². The monoisotopic (exact) mass is 267 g/mol. The highest BCUT2D eigenvalue weighted by Gasteiger charge is 2.10. The topological polar surface area (TPSA) is 51.0 Å². The standard InChI is InChI=1S/C16H17N3O/c1-11-9-14(19-16(18-11)7-8-17-2)13-10-20-15-6-4-3-5-12(13)15/h3-6,9-10,17H,7-8H2,1-2H3. The normalized spacial score (nSPS) is 11.1. The number of fused-ring (bicyclic) bond motifs is 1. The van der Waals surface area contributed by atoms with Gasteiger partial charge in [0.2, 0.25) is 0 Å².